The third kappa shape index (κ3) is 2.00. The van der Waals surface area contributed by atoms with Gasteiger partial charge in [-0.15, -0.1) is 0 Å². The van der Waals surface area contributed by atoms with Gasteiger partial charge in [0.25, 0.3) is 0 Å². The molecule has 3 heterocycles. The zero-order chi connectivity index (χ0) is 12.4. The number of hydrogen-bond donors (Lipinski definition) is 2. The normalized spacial score (nSPS) is 12.9. The van der Waals surface area contributed by atoms with Crippen LogP contribution in [0.2, 0.25) is 0 Å². The maximum atomic E-state index is 4.32. The molecule has 0 fully saturated rings. The monoisotopic (exact) mass is 241 g/mol. The van der Waals surface area contributed by atoms with Crippen molar-refractivity contribution in [2.45, 2.75) is 19.5 Å². The molecule has 2 N–H and O–H groups in total. The lowest BCUT2D eigenvalue weighted by Crippen LogP contribution is -2.17. The number of nitrogens with zero attached hydrogens (tertiary/aromatic N) is 3. The van der Waals surface area contributed by atoms with E-state index in [1.807, 2.05) is 41.4 Å². The molecule has 1 atom stereocenters. The SMILES string of the molecule is CC(NCc1cnn2ccccc12)c1cn[nH]c1. The first kappa shape index (κ1) is 11.0. The number of aromatic nitrogens is 4. The van der Waals surface area contributed by atoms with Gasteiger partial charge in [0.2, 0.25) is 0 Å². The highest BCUT2D eigenvalue weighted by molar-refractivity contribution is 5.53. The Bertz CT molecular complexity index is 626. The van der Waals surface area contributed by atoms with E-state index in [2.05, 4.69) is 33.6 Å². The molecule has 0 bridgehead atoms. The highest BCUT2D eigenvalue weighted by Crippen LogP contribution is 2.13. The number of nitrogens with one attached hydrogen (secondary N) is 2. The van der Waals surface area contributed by atoms with Gasteiger partial charge < -0.3 is 5.32 Å². The molecule has 1 unspecified atom stereocenters. The molecule has 3 aromatic rings. The minimum Gasteiger partial charge on any atom is -0.306 e. The van der Waals surface area contributed by atoms with Crippen molar-refractivity contribution in [1.29, 1.82) is 0 Å². The molecule has 0 aliphatic carbocycles. The number of hydrogen-bond acceptors (Lipinski definition) is 3. The minimum atomic E-state index is 0.266. The molecule has 0 spiro atoms. The van der Waals surface area contributed by atoms with E-state index in [1.165, 1.54) is 5.56 Å². The third-order valence-corrected chi connectivity index (χ3v) is 3.12. The second-order valence-corrected chi connectivity index (χ2v) is 4.33. The van der Waals surface area contributed by atoms with Crippen molar-refractivity contribution in [3.63, 3.8) is 0 Å². The minimum absolute atomic E-state index is 0.266. The zero-order valence-electron chi connectivity index (χ0n) is 10.2. The van der Waals surface area contributed by atoms with Crippen LogP contribution in [0.3, 0.4) is 0 Å². The molecule has 3 aromatic heterocycles. The van der Waals surface area contributed by atoms with Crippen LogP contribution in [0.25, 0.3) is 5.52 Å². The molecule has 0 saturated heterocycles. The topological polar surface area (TPSA) is 58.0 Å². The number of aromatic amines is 1. The molecule has 0 radical (unpaired) electrons. The second kappa shape index (κ2) is 4.62. The van der Waals surface area contributed by atoms with Gasteiger partial charge in [-0.2, -0.15) is 10.2 Å². The largest absolute Gasteiger partial charge is 0.306 e. The fraction of sp³-hybridized carbons (Fsp3) is 0.231. The lowest BCUT2D eigenvalue weighted by Gasteiger charge is -2.10. The predicted molar refractivity (Wildman–Crippen MR) is 69.0 cm³/mol. The van der Waals surface area contributed by atoms with Crippen LogP contribution in [-0.2, 0) is 6.54 Å². The van der Waals surface area contributed by atoms with Gasteiger partial charge in [0.1, 0.15) is 0 Å². The molecule has 0 aliphatic rings. The van der Waals surface area contributed by atoms with Crippen molar-refractivity contribution in [3.8, 4) is 0 Å². The molecule has 0 aromatic carbocycles. The summed E-state index contributed by atoms with van der Waals surface area (Å²) in [6.07, 6.45) is 7.62. The zero-order valence-corrected chi connectivity index (χ0v) is 10.2. The standard InChI is InChI=1S/C13H15N5/c1-10(11-7-15-16-8-11)14-6-12-9-17-18-5-3-2-4-13(12)18/h2-5,7-10,14H,6H2,1H3,(H,15,16). The van der Waals surface area contributed by atoms with Crippen molar-refractivity contribution in [2.75, 3.05) is 0 Å². The Balaban J connectivity index is 1.73. The average Bonchev–Trinajstić information content (AvgIpc) is 3.06. The Morgan fingerprint density at radius 1 is 1.39 bits per heavy atom. The Morgan fingerprint density at radius 2 is 2.33 bits per heavy atom. The summed E-state index contributed by atoms with van der Waals surface area (Å²) in [6, 6.07) is 6.35. The quantitative estimate of drug-likeness (QED) is 0.733. The van der Waals surface area contributed by atoms with E-state index in [0.717, 1.165) is 17.6 Å². The van der Waals surface area contributed by atoms with Crippen molar-refractivity contribution < 1.29 is 0 Å². The molecule has 5 nitrogen and oxygen atoms in total. The molecular formula is C13H15N5. The maximum Gasteiger partial charge on any atom is 0.0706 e. The smallest absolute Gasteiger partial charge is 0.0706 e. The van der Waals surface area contributed by atoms with E-state index in [9.17, 15) is 0 Å². The first-order valence-corrected chi connectivity index (χ1v) is 5.98. The molecule has 0 aliphatic heterocycles. The highest BCUT2D eigenvalue weighted by atomic mass is 15.2. The molecule has 0 amide bonds. The first-order chi connectivity index (χ1) is 8.84. The molecule has 0 saturated carbocycles. The number of fused-ring (bicyclic) bond motifs is 1. The van der Waals surface area contributed by atoms with E-state index in [0.29, 0.717) is 0 Å². The summed E-state index contributed by atoms with van der Waals surface area (Å²) in [5.74, 6) is 0. The summed E-state index contributed by atoms with van der Waals surface area (Å²) < 4.78 is 1.89. The van der Waals surface area contributed by atoms with E-state index in [4.69, 9.17) is 0 Å². The first-order valence-electron chi connectivity index (χ1n) is 5.98. The van der Waals surface area contributed by atoms with Gasteiger partial charge in [0.05, 0.1) is 17.9 Å². The van der Waals surface area contributed by atoms with Crippen molar-refractivity contribution in [2.24, 2.45) is 0 Å². The van der Waals surface area contributed by atoms with E-state index >= 15 is 0 Å². The number of rotatable bonds is 4. The van der Waals surface area contributed by atoms with Gasteiger partial charge in [0.15, 0.2) is 0 Å². The summed E-state index contributed by atoms with van der Waals surface area (Å²) in [6.45, 7) is 2.91. The van der Waals surface area contributed by atoms with Crippen LogP contribution in [-0.4, -0.2) is 19.8 Å². The van der Waals surface area contributed by atoms with Gasteiger partial charge in [-0.3, -0.25) is 5.10 Å². The lowest BCUT2D eigenvalue weighted by atomic mass is 10.2. The Kier molecular flexibility index (Phi) is 2.82. The van der Waals surface area contributed by atoms with Gasteiger partial charge in [0, 0.05) is 36.1 Å². The Hall–Kier alpha value is -2.14. The van der Waals surface area contributed by atoms with Crippen LogP contribution in [0, 0.1) is 0 Å². The summed E-state index contributed by atoms with van der Waals surface area (Å²) >= 11 is 0. The summed E-state index contributed by atoms with van der Waals surface area (Å²) in [5.41, 5.74) is 3.50. The fourth-order valence-electron chi connectivity index (χ4n) is 2.00. The summed E-state index contributed by atoms with van der Waals surface area (Å²) in [5, 5.41) is 14.6. The van der Waals surface area contributed by atoms with E-state index in [-0.39, 0.29) is 6.04 Å². The van der Waals surface area contributed by atoms with Crippen LogP contribution >= 0.6 is 0 Å². The fourth-order valence-corrected chi connectivity index (χ4v) is 2.00. The van der Waals surface area contributed by atoms with Crippen molar-refractivity contribution in [1.82, 2.24) is 25.1 Å². The van der Waals surface area contributed by atoms with Gasteiger partial charge >= 0.3 is 0 Å². The summed E-state index contributed by atoms with van der Waals surface area (Å²) in [7, 11) is 0. The van der Waals surface area contributed by atoms with Crippen LogP contribution in [0.5, 0.6) is 0 Å². The second-order valence-electron chi connectivity index (χ2n) is 4.33. The van der Waals surface area contributed by atoms with E-state index in [1.54, 1.807) is 0 Å². The molecule has 18 heavy (non-hydrogen) atoms. The van der Waals surface area contributed by atoms with Crippen molar-refractivity contribution >= 4 is 5.52 Å². The lowest BCUT2D eigenvalue weighted by molar-refractivity contribution is 0.576. The van der Waals surface area contributed by atoms with Crippen LogP contribution in [0.4, 0.5) is 0 Å². The van der Waals surface area contributed by atoms with Gasteiger partial charge in [-0.1, -0.05) is 6.07 Å². The van der Waals surface area contributed by atoms with E-state index < -0.39 is 0 Å². The third-order valence-electron chi connectivity index (χ3n) is 3.12. The molecule has 5 heteroatoms. The highest BCUT2D eigenvalue weighted by Gasteiger charge is 2.08. The van der Waals surface area contributed by atoms with Gasteiger partial charge in [-0.25, -0.2) is 4.52 Å². The van der Waals surface area contributed by atoms with Crippen LogP contribution in [0.15, 0.2) is 43.0 Å². The predicted octanol–water partition coefficient (Wildman–Crippen LogP) is 1.91. The van der Waals surface area contributed by atoms with Gasteiger partial charge in [-0.05, 0) is 19.1 Å². The molecule has 3 rings (SSSR count). The van der Waals surface area contributed by atoms with Crippen LogP contribution in [0.1, 0.15) is 24.1 Å². The van der Waals surface area contributed by atoms with Crippen LogP contribution < -0.4 is 5.32 Å². The maximum absolute atomic E-state index is 4.32. The van der Waals surface area contributed by atoms with Crippen molar-refractivity contribution in [3.05, 3.63) is 54.1 Å². The Morgan fingerprint density at radius 3 is 3.17 bits per heavy atom. The molecular weight excluding hydrogens is 226 g/mol. The number of pyridine rings is 1. The number of H-pyrrole nitrogens is 1. The Labute approximate surface area is 105 Å². The summed E-state index contributed by atoms with van der Waals surface area (Å²) in [4.78, 5) is 0. The molecule has 92 valence electrons. The average molecular weight is 241 g/mol.